The number of aromatic hydroxyl groups is 1. The second kappa shape index (κ2) is 6.70. The van der Waals surface area contributed by atoms with Gasteiger partial charge in [-0.3, -0.25) is 0 Å². The molecule has 2 rings (SSSR count). The first-order chi connectivity index (χ1) is 10.0. The molecule has 110 valence electrons. The van der Waals surface area contributed by atoms with Crippen LogP contribution in [0.3, 0.4) is 0 Å². The zero-order valence-corrected chi connectivity index (χ0v) is 12.7. The summed E-state index contributed by atoms with van der Waals surface area (Å²) < 4.78 is 4.72. The van der Waals surface area contributed by atoms with Gasteiger partial charge < -0.3 is 15.2 Å². The van der Waals surface area contributed by atoms with Crippen molar-refractivity contribution >= 4 is 34.9 Å². The normalized spacial score (nSPS) is 10.2. The molecule has 0 amide bonds. The minimum atomic E-state index is -0.497. The highest BCUT2D eigenvalue weighted by atomic mass is 35.5. The average molecular weight is 326 g/mol. The summed E-state index contributed by atoms with van der Waals surface area (Å²) in [4.78, 5) is 11.7. The molecule has 0 fully saturated rings. The Bertz CT molecular complexity index is 654. The number of phenols is 1. The number of hydrogen-bond acceptors (Lipinski definition) is 4. The molecule has 0 radical (unpaired) electrons. The van der Waals surface area contributed by atoms with Crippen molar-refractivity contribution < 1.29 is 14.6 Å². The Kier molecular flexibility index (Phi) is 4.94. The fourth-order valence-electron chi connectivity index (χ4n) is 1.86. The van der Waals surface area contributed by atoms with Crippen LogP contribution in [0, 0.1) is 0 Å². The third-order valence-corrected chi connectivity index (χ3v) is 3.53. The predicted octanol–water partition coefficient (Wildman–Crippen LogP) is 4.10. The van der Waals surface area contributed by atoms with Gasteiger partial charge in [0.05, 0.1) is 12.7 Å². The zero-order chi connectivity index (χ0) is 15.4. The van der Waals surface area contributed by atoms with Crippen LogP contribution in [0.25, 0.3) is 0 Å². The molecule has 6 heteroatoms. The second-order valence-corrected chi connectivity index (χ2v) is 5.12. The van der Waals surface area contributed by atoms with Gasteiger partial charge in [0.15, 0.2) is 0 Å². The molecule has 0 spiro atoms. The van der Waals surface area contributed by atoms with E-state index in [0.29, 0.717) is 26.9 Å². The largest absolute Gasteiger partial charge is 0.508 e. The van der Waals surface area contributed by atoms with Crippen LogP contribution in [-0.2, 0) is 11.3 Å². The maximum absolute atomic E-state index is 11.7. The number of anilines is 1. The molecule has 0 saturated heterocycles. The van der Waals surface area contributed by atoms with E-state index in [-0.39, 0.29) is 12.3 Å². The van der Waals surface area contributed by atoms with E-state index in [1.807, 2.05) is 0 Å². The topological polar surface area (TPSA) is 58.6 Å². The molecule has 0 heterocycles. The van der Waals surface area contributed by atoms with E-state index in [1.54, 1.807) is 30.3 Å². The van der Waals surface area contributed by atoms with Crippen LogP contribution < -0.4 is 5.32 Å². The Morgan fingerprint density at radius 3 is 2.71 bits per heavy atom. The lowest BCUT2D eigenvalue weighted by atomic mass is 10.1. The Morgan fingerprint density at radius 1 is 1.29 bits per heavy atom. The summed E-state index contributed by atoms with van der Waals surface area (Å²) in [6, 6.07) is 9.73. The Hall–Kier alpha value is -1.91. The lowest BCUT2D eigenvalue weighted by molar-refractivity contribution is 0.0602. The summed E-state index contributed by atoms with van der Waals surface area (Å²) in [5.74, 6) is -0.410. The first-order valence-corrected chi connectivity index (χ1v) is 6.86. The molecule has 0 aromatic heterocycles. The minimum absolute atomic E-state index is 0.0866. The molecule has 4 nitrogen and oxygen atoms in total. The first-order valence-electron chi connectivity index (χ1n) is 6.11. The predicted molar refractivity (Wildman–Crippen MR) is 83.2 cm³/mol. The van der Waals surface area contributed by atoms with E-state index in [4.69, 9.17) is 27.9 Å². The van der Waals surface area contributed by atoms with Crippen LogP contribution >= 0.6 is 23.2 Å². The number of esters is 1. The molecule has 0 saturated carbocycles. The van der Waals surface area contributed by atoms with Gasteiger partial charge in [-0.05, 0) is 30.3 Å². The maximum Gasteiger partial charge on any atom is 0.340 e. The highest BCUT2D eigenvalue weighted by Gasteiger charge is 2.13. The van der Waals surface area contributed by atoms with Gasteiger partial charge >= 0.3 is 5.97 Å². The first kappa shape index (κ1) is 15.5. The third-order valence-electron chi connectivity index (χ3n) is 2.94. The molecule has 0 aliphatic carbocycles. The quantitative estimate of drug-likeness (QED) is 0.831. The number of hydrogen-bond donors (Lipinski definition) is 2. The smallest absolute Gasteiger partial charge is 0.340 e. The monoisotopic (exact) mass is 325 g/mol. The fourth-order valence-corrected chi connectivity index (χ4v) is 2.26. The molecule has 2 N–H and O–H groups in total. The highest BCUT2D eigenvalue weighted by molar-refractivity contribution is 6.31. The van der Waals surface area contributed by atoms with E-state index in [1.165, 1.54) is 13.2 Å². The van der Waals surface area contributed by atoms with Crippen molar-refractivity contribution in [3.8, 4) is 5.75 Å². The summed E-state index contributed by atoms with van der Waals surface area (Å²) in [6.45, 7) is 0.261. The minimum Gasteiger partial charge on any atom is -0.508 e. The van der Waals surface area contributed by atoms with Gasteiger partial charge in [-0.1, -0.05) is 29.3 Å². The van der Waals surface area contributed by atoms with Crippen molar-refractivity contribution in [1.82, 2.24) is 0 Å². The molecule has 2 aromatic rings. The van der Waals surface area contributed by atoms with Gasteiger partial charge in [0.25, 0.3) is 0 Å². The number of ether oxygens (including phenoxy) is 1. The van der Waals surface area contributed by atoms with Crippen LogP contribution in [0.1, 0.15) is 15.9 Å². The zero-order valence-electron chi connectivity index (χ0n) is 11.2. The van der Waals surface area contributed by atoms with Crippen molar-refractivity contribution in [1.29, 1.82) is 0 Å². The summed E-state index contributed by atoms with van der Waals surface area (Å²) in [7, 11) is 1.30. The van der Waals surface area contributed by atoms with Crippen LogP contribution in [0.5, 0.6) is 5.75 Å². The Balaban J connectivity index is 2.26. The molecule has 21 heavy (non-hydrogen) atoms. The van der Waals surface area contributed by atoms with E-state index in [9.17, 15) is 9.90 Å². The second-order valence-electron chi connectivity index (χ2n) is 4.27. The number of halogens is 2. The standard InChI is InChI=1S/C15H13Cl2NO3/c1-21-15(20)10-7-9(16)5-6-13(10)18-8-11-12(17)3-2-4-14(11)19/h2-7,18-19H,8H2,1H3. The third kappa shape index (κ3) is 3.60. The summed E-state index contributed by atoms with van der Waals surface area (Å²) in [5.41, 5.74) is 1.41. The van der Waals surface area contributed by atoms with E-state index < -0.39 is 5.97 Å². The van der Waals surface area contributed by atoms with Crippen LogP contribution in [0.15, 0.2) is 36.4 Å². The summed E-state index contributed by atoms with van der Waals surface area (Å²) in [5, 5.41) is 13.7. The van der Waals surface area contributed by atoms with E-state index >= 15 is 0 Å². The number of carbonyl (C=O) groups excluding carboxylic acids is 1. The van der Waals surface area contributed by atoms with Crippen LogP contribution in [0.4, 0.5) is 5.69 Å². The summed E-state index contributed by atoms with van der Waals surface area (Å²) in [6.07, 6.45) is 0. The molecular weight excluding hydrogens is 313 g/mol. The van der Waals surface area contributed by atoms with Gasteiger partial charge in [-0.25, -0.2) is 4.79 Å². The maximum atomic E-state index is 11.7. The summed E-state index contributed by atoms with van der Waals surface area (Å²) >= 11 is 11.9. The molecule has 0 unspecified atom stereocenters. The van der Waals surface area contributed by atoms with Crippen LogP contribution in [-0.4, -0.2) is 18.2 Å². The van der Waals surface area contributed by atoms with Crippen molar-refractivity contribution in [3.63, 3.8) is 0 Å². The van der Waals surface area contributed by atoms with Crippen molar-refractivity contribution in [2.75, 3.05) is 12.4 Å². The lowest BCUT2D eigenvalue weighted by Gasteiger charge is -2.13. The highest BCUT2D eigenvalue weighted by Crippen LogP contribution is 2.27. The molecule has 0 aliphatic rings. The lowest BCUT2D eigenvalue weighted by Crippen LogP contribution is -2.08. The Labute approximate surface area is 132 Å². The fraction of sp³-hybridized carbons (Fsp3) is 0.133. The van der Waals surface area contributed by atoms with E-state index in [0.717, 1.165) is 0 Å². The van der Waals surface area contributed by atoms with Gasteiger partial charge in [-0.15, -0.1) is 0 Å². The average Bonchev–Trinajstić information content (AvgIpc) is 2.47. The molecule has 2 aromatic carbocycles. The van der Waals surface area contributed by atoms with Gasteiger partial charge in [0.2, 0.25) is 0 Å². The SMILES string of the molecule is COC(=O)c1cc(Cl)ccc1NCc1c(O)cccc1Cl. The molecule has 0 aliphatic heterocycles. The number of benzene rings is 2. The van der Waals surface area contributed by atoms with E-state index in [2.05, 4.69) is 5.32 Å². The number of phenolic OH excluding ortho intramolecular Hbond substituents is 1. The van der Waals surface area contributed by atoms with Crippen molar-refractivity contribution in [3.05, 3.63) is 57.6 Å². The molecule has 0 atom stereocenters. The van der Waals surface area contributed by atoms with Crippen molar-refractivity contribution in [2.45, 2.75) is 6.54 Å². The van der Waals surface area contributed by atoms with Gasteiger partial charge in [0.1, 0.15) is 5.75 Å². The molecular formula is C15H13Cl2NO3. The number of methoxy groups -OCH3 is 1. The molecule has 0 bridgehead atoms. The number of nitrogens with one attached hydrogen (secondary N) is 1. The van der Waals surface area contributed by atoms with Gasteiger partial charge in [0, 0.05) is 27.8 Å². The van der Waals surface area contributed by atoms with Gasteiger partial charge in [-0.2, -0.15) is 0 Å². The number of carbonyl (C=O) groups is 1. The van der Waals surface area contributed by atoms with Crippen molar-refractivity contribution in [2.24, 2.45) is 0 Å². The number of rotatable bonds is 4. The van der Waals surface area contributed by atoms with Crippen LogP contribution in [0.2, 0.25) is 10.0 Å². The Morgan fingerprint density at radius 2 is 2.05 bits per heavy atom.